The molecule has 2 aliphatic heterocycles. The first-order valence-electron chi connectivity index (χ1n) is 10.3. The van der Waals surface area contributed by atoms with E-state index in [1.54, 1.807) is 7.11 Å². The zero-order valence-electron chi connectivity index (χ0n) is 17.2. The van der Waals surface area contributed by atoms with Crippen molar-refractivity contribution in [1.29, 1.82) is 0 Å². The number of ether oxygens (including phenoxy) is 3. The lowest BCUT2D eigenvalue weighted by atomic mass is 10.2. The topological polar surface area (TPSA) is 58.6 Å². The highest BCUT2D eigenvalue weighted by Gasteiger charge is 2.30. The third-order valence-electron chi connectivity index (χ3n) is 5.41. The lowest BCUT2D eigenvalue weighted by Crippen LogP contribution is -2.46. The zero-order chi connectivity index (χ0) is 19.6. The molecule has 0 aliphatic carbocycles. The minimum atomic E-state index is 0.621. The van der Waals surface area contributed by atoms with E-state index < -0.39 is 0 Å². The van der Waals surface area contributed by atoms with E-state index in [1.165, 1.54) is 6.42 Å². The van der Waals surface area contributed by atoms with Crippen LogP contribution in [0.1, 0.15) is 18.4 Å². The number of likely N-dealkylation sites (tertiary alicyclic amines) is 1. The van der Waals surface area contributed by atoms with Crippen molar-refractivity contribution in [2.75, 3.05) is 66.7 Å². The molecule has 1 atom stereocenters. The Kier molecular flexibility index (Phi) is 8.39. The number of methoxy groups -OCH3 is 1. The highest BCUT2D eigenvalue weighted by molar-refractivity contribution is 5.80. The van der Waals surface area contributed by atoms with Crippen molar-refractivity contribution in [3.05, 3.63) is 29.8 Å². The van der Waals surface area contributed by atoms with Gasteiger partial charge >= 0.3 is 0 Å². The number of morpholine rings is 1. The van der Waals surface area contributed by atoms with Crippen molar-refractivity contribution in [3.63, 3.8) is 0 Å². The molecule has 3 rings (SSSR count). The average molecular weight is 391 g/mol. The molecule has 0 bridgehead atoms. The van der Waals surface area contributed by atoms with E-state index in [2.05, 4.69) is 20.1 Å². The molecular formula is C21H34N4O3. The lowest BCUT2D eigenvalue weighted by Gasteiger charge is -2.32. The van der Waals surface area contributed by atoms with Crippen LogP contribution in [-0.2, 0) is 16.1 Å². The number of aliphatic imine (C=N–C) groups is 1. The summed E-state index contributed by atoms with van der Waals surface area (Å²) >= 11 is 0. The highest BCUT2D eigenvalue weighted by Crippen LogP contribution is 2.17. The quantitative estimate of drug-likeness (QED) is 0.413. The summed E-state index contributed by atoms with van der Waals surface area (Å²) in [7, 11) is 3.54. The summed E-state index contributed by atoms with van der Waals surface area (Å²) in [6, 6.07) is 8.62. The van der Waals surface area contributed by atoms with E-state index >= 15 is 0 Å². The Morgan fingerprint density at radius 1 is 1.21 bits per heavy atom. The first-order valence-corrected chi connectivity index (χ1v) is 10.3. The number of nitrogens with zero attached hydrogens (tertiary/aromatic N) is 3. The second-order valence-corrected chi connectivity index (χ2v) is 7.27. The molecule has 2 saturated heterocycles. The minimum Gasteiger partial charge on any atom is -0.497 e. The van der Waals surface area contributed by atoms with E-state index in [0.29, 0.717) is 12.6 Å². The van der Waals surface area contributed by atoms with Gasteiger partial charge < -0.3 is 24.4 Å². The van der Waals surface area contributed by atoms with Gasteiger partial charge in [0.2, 0.25) is 0 Å². The van der Waals surface area contributed by atoms with Crippen LogP contribution in [-0.4, -0.2) is 88.5 Å². The van der Waals surface area contributed by atoms with Crippen molar-refractivity contribution in [1.82, 2.24) is 15.1 Å². The van der Waals surface area contributed by atoms with Crippen LogP contribution in [0.25, 0.3) is 0 Å². The van der Waals surface area contributed by atoms with Crippen LogP contribution in [0.5, 0.6) is 5.75 Å². The molecular weight excluding hydrogens is 356 g/mol. The standard InChI is InChI=1S/C21H34N4O3/c1-22-21(25-10-8-19(16-25)24-11-14-27-15-12-24)23-9-3-13-28-17-18-4-6-20(26-2)7-5-18/h4-7,19H,3,8-17H2,1-2H3,(H,22,23). The number of hydrogen-bond acceptors (Lipinski definition) is 5. The van der Waals surface area contributed by atoms with E-state index in [1.807, 2.05) is 31.3 Å². The van der Waals surface area contributed by atoms with Gasteiger partial charge in [0.05, 0.1) is 26.9 Å². The van der Waals surface area contributed by atoms with Crippen LogP contribution in [0.2, 0.25) is 0 Å². The summed E-state index contributed by atoms with van der Waals surface area (Å²) in [6.45, 7) is 8.17. The Balaban J connectivity index is 1.30. The molecule has 1 unspecified atom stereocenters. The molecule has 2 fully saturated rings. The molecule has 0 aromatic heterocycles. The first-order chi connectivity index (χ1) is 13.8. The van der Waals surface area contributed by atoms with Gasteiger partial charge in [0.15, 0.2) is 5.96 Å². The number of nitrogens with one attached hydrogen (secondary N) is 1. The minimum absolute atomic E-state index is 0.621. The summed E-state index contributed by atoms with van der Waals surface area (Å²) < 4.78 is 16.4. The predicted molar refractivity (Wildman–Crippen MR) is 111 cm³/mol. The van der Waals surface area contributed by atoms with Gasteiger partial charge in [-0.05, 0) is 30.5 Å². The first kappa shape index (κ1) is 20.9. The monoisotopic (exact) mass is 390 g/mol. The molecule has 7 nitrogen and oxygen atoms in total. The number of rotatable bonds is 8. The summed E-state index contributed by atoms with van der Waals surface area (Å²) in [5, 5.41) is 3.48. The van der Waals surface area contributed by atoms with Crippen LogP contribution in [0.15, 0.2) is 29.3 Å². The molecule has 2 aliphatic rings. The summed E-state index contributed by atoms with van der Waals surface area (Å²) in [4.78, 5) is 9.40. The van der Waals surface area contributed by atoms with Gasteiger partial charge in [-0.1, -0.05) is 12.1 Å². The van der Waals surface area contributed by atoms with Crippen LogP contribution >= 0.6 is 0 Å². The Bertz CT molecular complexity index is 602. The number of hydrogen-bond donors (Lipinski definition) is 1. The normalized spacial score (nSPS) is 21.1. The maximum atomic E-state index is 5.78. The molecule has 1 aromatic carbocycles. The van der Waals surface area contributed by atoms with Crippen LogP contribution in [0.4, 0.5) is 0 Å². The lowest BCUT2D eigenvalue weighted by molar-refractivity contribution is 0.0195. The van der Waals surface area contributed by atoms with Gasteiger partial charge in [0, 0.05) is 52.4 Å². The number of guanidine groups is 1. The summed E-state index contributed by atoms with van der Waals surface area (Å²) in [6.07, 6.45) is 2.15. The largest absolute Gasteiger partial charge is 0.497 e. The molecule has 1 aromatic rings. The van der Waals surface area contributed by atoms with Gasteiger partial charge in [0.25, 0.3) is 0 Å². The van der Waals surface area contributed by atoms with Gasteiger partial charge in [0.1, 0.15) is 5.75 Å². The molecule has 0 amide bonds. The van der Waals surface area contributed by atoms with Gasteiger partial charge in [-0.15, -0.1) is 0 Å². The molecule has 1 N–H and O–H groups in total. The fourth-order valence-electron chi connectivity index (χ4n) is 3.79. The number of benzene rings is 1. The predicted octanol–water partition coefficient (Wildman–Crippen LogP) is 1.58. The second-order valence-electron chi connectivity index (χ2n) is 7.27. The van der Waals surface area contributed by atoms with Crippen molar-refractivity contribution < 1.29 is 14.2 Å². The Morgan fingerprint density at radius 2 is 2.00 bits per heavy atom. The molecule has 28 heavy (non-hydrogen) atoms. The van der Waals surface area contributed by atoms with Gasteiger partial charge in [-0.25, -0.2) is 0 Å². The van der Waals surface area contributed by atoms with Crippen LogP contribution in [0.3, 0.4) is 0 Å². The Morgan fingerprint density at radius 3 is 2.71 bits per heavy atom. The fourth-order valence-corrected chi connectivity index (χ4v) is 3.79. The molecule has 2 heterocycles. The van der Waals surface area contributed by atoms with Crippen LogP contribution < -0.4 is 10.1 Å². The van der Waals surface area contributed by atoms with Gasteiger partial charge in [-0.2, -0.15) is 0 Å². The summed E-state index contributed by atoms with van der Waals surface area (Å²) in [5.41, 5.74) is 1.16. The summed E-state index contributed by atoms with van der Waals surface area (Å²) in [5.74, 6) is 1.88. The second kappa shape index (κ2) is 11.2. The van der Waals surface area contributed by atoms with E-state index in [4.69, 9.17) is 14.2 Å². The third-order valence-corrected chi connectivity index (χ3v) is 5.41. The molecule has 0 spiro atoms. The molecule has 156 valence electrons. The Hall–Kier alpha value is -1.83. The maximum absolute atomic E-state index is 5.78. The van der Waals surface area contributed by atoms with Crippen molar-refractivity contribution in [3.8, 4) is 5.75 Å². The molecule has 7 heteroatoms. The van der Waals surface area contributed by atoms with Crippen LogP contribution in [0, 0.1) is 0 Å². The van der Waals surface area contributed by atoms with Gasteiger partial charge in [-0.3, -0.25) is 9.89 Å². The molecule has 0 radical (unpaired) electrons. The Labute approximate surface area is 168 Å². The van der Waals surface area contributed by atoms with Crippen molar-refractivity contribution >= 4 is 5.96 Å². The maximum Gasteiger partial charge on any atom is 0.193 e. The average Bonchev–Trinajstić information content (AvgIpc) is 3.24. The van der Waals surface area contributed by atoms with Crippen molar-refractivity contribution in [2.45, 2.75) is 25.5 Å². The third kappa shape index (κ3) is 6.09. The van der Waals surface area contributed by atoms with E-state index in [0.717, 1.165) is 76.2 Å². The smallest absolute Gasteiger partial charge is 0.193 e. The van der Waals surface area contributed by atoms with E-state index in [9.17, 15) is 0 Å². The SMILES string of the molecule is CN=C(NCCCOCc1ccc(OC)cc1)N1CCC(N2CCOCC2)C1. The molecule has 0 saturated carbocycles. The highest BCUT2D eigenvalue weighted by atomic mass is 16.5. The van der Waals surface area contributed by atoms with E-state index in [-0.39, 0.29) is 0 Å². The van der Waals surface area contributed by atoms with Crippen molar-refractivity contribution in [2.24, 2.45) is 4.99 Å². The zero-order valence-corrected chi connectivity index (χ0v) is 17.2. The fraction of sp³-hybridized carbons (Fsp3) is 0.667.